The normalized spacial score (nSPS) is 10.9. The number of amides is 1. The minimum atomic E-state index is -0.293. The van der Waals surface area contributed by atoms with Crippen LogP contribution in [0.15, 0.2) is 69.6 Å². The fourth-order valence-corrected chi connectivity index (χ4v) is 3.47. The number of halogens is 2. The highest BCUT2D eigenvalue weighted by Crippen LogP contribution is 2.28. The molecule has 4 aromatic rings. The molecule has 146 valence electrons. The molecule has 0 aliphatic carbocycles. The molecule has 1 amide bonds. The molecule has 29 heavy (non-hydrogen) atoms. The number of rotatable bonds is 4. The first-order valence-electron chi connectivity index (χ1n) is 8.85. The summed E-state index contributed by atoms with van der Waals surface area (Å²) in [6.07, 6.45) is 0. The van der Waals surface area contributed by atoms with Crippen LogP contribution in [0, 0.1) is 0 Å². The molecule has 7 heteroatoms. The van der Waals surface area contributed by atoms with E-state index in [9.17, 15) is 4.79 Å². The van der Waals surface area contributed by atoms with Crippen molar-refractivity contribution in [3.05, 3.63) is 75.7 Å². The van der Waals surface area contributed by atoms with Gasteiger partial charge in [0.05, 0.1) is 10.6 Å². The lowest BCUT2D eigenvalue weighted by Crippen LogP contribution is -2.12. The molecule has 0 saturated carbocycles. The summed E-state index contributed by atoms with van der Waals surface area (Å²) in [5, 5.41) is 3.24. The smallest absolute Gasteiger partial charge is 0.257 e. The van der Waals surface area contributed by atoms with Crippen LogP contribution in [-0.2, 0) is 0 Å². The Morgan fingerprint density at radius 2 is 1.83 bits per heavy atom. The summed E-state index contributed by atoms with van der Waals surface area (Å²) in [6, 6.07) is 18.4. The molecular weight excluding hydrogens is 454 g/mol. The van der Waals surface area contributed by atoms with E-state index in [1.165, 1.54) is 0 Å². The number of hydrogen-bond donors (Lipinski definition) is 1. The second-order valence-electron chi connectivity index (χ2n) is 6.72. The fraction of sp³-hybridized carbons (Fsp3) is 0.0909. The number of aromatic nitrogens is 1. The molecule has 0 saturated heterocycles. The van der Waals surface area contributed by atoms with Crippen molar-refractivity contribution in [3.63, 3.8) is 0 Å². The molecule has 0 aliphatic rings. The highest BCUT2D eigenvalue weighted by atomic mass is 79.9. The van der Waals surface area contributed by atoms with E-state index in [0.29, 0.717) is 33.3 Å². The largest absolute Gasteiger partial charge is 0.436 e. The maximum absolute atomic E-state index is 12.6. The van der Waals surface area contributed by atoms with Gasteiger partial charge in [0, 0.05) is 35.5 Å². The first-order chi connectivity index (χ1) is 13.9. The molecule has 3 aromatic carbocycles. The molecule has 1 N–H and O–H groups in total. The molecule has 0 unspecified atom stereocenters. The lowest BCUT2D eigenvalue weighted by atomic mass is 10.2. The van der Waals surface area contributed by atoms with Gasteiger partial charge in [-0.15, -0.1) is 0 Å². The molecule has 1 heterocycles. The molecule has 0 aliphatic heterocycles. The Hall–Kier alpha value is -2.83. The number of oxazole rings is 1. The predicted octanol–water partition coefficient (Wildman–Crippen LogP) is 6.23. The molecule has 4 rings (SSSR count). The number of carbonyl (C=O) groups excluding carboxylic acids is 1. The summed E-state index contributed by atoms with van der Waals surface area (Å²) in [5.74, 6) is 0.238. The van der Waals surface area contributed by atoms with Gasteiger partial charge in [0.25, 0.3) is 5.91 Å². The van der Waals surface area contributed by atoms with Crippen molar-refractivity contribution in [2.45, 2.75) is 0 Å². The van der Waals surface area contributed by atoms with Crippen LogP contribution in [0.3, 0.4) is 0 Å². The Bertz CT molecular complexity index is 1200. The third-order valence-corrected chi connectivity index (χ3v) is 5.27. The minimum Gasteiger partial charge on any atom is -0.436 e. The van der Waals surface area contributed by atoms with E-state index >= 15 is 0 Å². The van der Waals surface area contributed by atoms with Gasteiger partial charge in [0.15, 0.2) is 5.58 Å². The molecule has 0 radical (unpaired) electrons. The number of benzene rings is 3. The Balaban J connectivity index is 1.60. The number of nitrogens with zero attached hydrogens (tertiary/aromatic N) is 2. The Morgan fingerprint density at radius 1 is 1.07 bits per heavy atom. The number of nitrogens with one attached hydrogen (secondary N) is 1. The van der Waals surface area contributed by atoms with E-state index in [0.717, 1.165) is 15.7 Å². The van der Waals surface area contributed by atoms with Gasteiger partial charge in [-0.3, -0.25) is 4.79 Å². The van der Waals surface area contributed by atoms with Crippen LogP contribution < -0.4 is 10.2 Å². The summed E-state index contributed by atoms with van der Waals surface area (Å²) < 4.78 is 6.65. The molecular formula is C22H17BrClN3O2. The van der Waals surface area contributed by atoms with Crippen molar-refractivity contribution in [2.75, 3.05) is 24.3 Å². The fourth-order valence-electron chi connectivity index (χ4n) is 2.90. The summed E-state index contributed by atoms with van der Waals surface area (Å²) in [4.78, 5) is 19.2. The van der Waals surface area contributed by atoms with E-state index in [1.54, 1.807) is 36.4 Å². The van der Waals surface area contributed by atoms with E-state index in [2.05, 4.69) is 26.2 Å². The van der Waals surface area contributed by atoms with Crippen molar-refractivity contribution in [2.24, 2.45) is 0 Å². The number of hydrogen-bond acceptors (Lipinski definition) is 4. The standard InChI is InChI=1S/C22H17BrClN3O2/c1-27(2)16-7-3-13(4-8-16)22-26-19-12-15(6-10-20(19)29-22)25-21(28)17-11-14(23)5-9-18(17)24/h3-12H,1-2H3,(H,25,28). The zero-order chi connectivity index (χ0) is 20.5. The summed E-state index contributed by atoms with van der Waals surface area (Å²) in [6.45, 7) is 0. The van der Waals surface area contributed by atoms with Gasteiger partial charge in [-0.05, 0) is 60.7 Å². The van der Waals surface area contributed by atoms with Crippen LogP contribution in [0.2, 0.25) is 5.02 Å². The van der Waals surface area contributed by atoms with Crippen molar-refractivity contribution in [3.8, 4) is 11.5 Å². The predicted molar refractivity (Wildman–Crippen MR) is 121 cm³/mol. The lowest BCUT2D eigenvalue weighted by molar-refractivity contribution is 0.102. The number of anilines is 2. The molecule has 0 bridgehead atoms. The molecule has 0 spiro atoms. The van der Waals surface area contributed by atoms with Crippen LogP contribution in [0.4, 0.5) is 11.4 Å². The summed E-state index contributed by atoms with van der Waals surface area (Å²) >= 11 is 9.50. The maximum atomic E-state index is 12.6. The van der Waals surface area contributed by atoms with Gasteiger partial charge in [0.2, 0.25) is 5.89 Å². The van der Waals surface area contributed by atoms with E-state index in [1.807, 2.05) is 43.3 Å². The average molecular weight is 471 g/mol. The third-order valence-electron chi connectivity index (χ3n) is 4.45. The van der Waals surface area contributed by atoms with Crippen molar-refractivity contribution in [1.82, 2.24) is 4.98 Å². The van der Waals surface area contributed by atoms with Crippen LogP contribution in [-0.4, -0.2) is 25.0 Å². The molecule has 5 nitrogen and oxygen atoms in total. The second kappa shape index (κ2) is 7.89. The Kier molecular flexibility index (Phi) is 5.30. The quantitative estimate of drug-likeness (QED) is 0.384. The molecule has 0 fully saturated rings. The SMILES string of the molecule is CN(C)c1ccc(-c2nc3cc(NC(=O)c4cc(Br)ccc4Cl)ccc3o2)cc1. The van der Waals surface area contributed by atoms with E-state index in [4.69, 9.17) is 16.0 Å². The van der Waals surface area contributed by atoms with Gasteiger partial charge in [-0.25, -0.2) is 4.98 Å². The highest BCUT2D eigenvalue weighted by Gasteiger charge is 2.13. The van der Waals surface area contributed by atoms with Gasteiger partial charge in [-0.2, -0.15) is 0 Å². The van der Waals surface area contributed by atoms with E-state index < -0.39 is 0 Å². The average Bonchev–Trinajstić information content (AvgIpc) is 3.13. The van der Waals surface area contributed by atoms with Gasteiger partial charge in [0.1, 0.15) is 5.52 Å². The van der Waals surface area contributed by atoms with Gasteiger partial charge in [-0.1, -0.05) is 27.5 Å². The number of fused-ring (bicyclic) bond motifs is 1. The summed E-state index contributed by atoms with van der Waals surface area (Å²) in [7, 11) is 3.98. The zero-order valence-corrected chi connectivity index (χ0v) is 18.1. The summed E-state index contributed by atoms with van der Waals surface area (Å²) in [5.41, 5.74) is 4.30. The van der Waals surface area contributed by atoms with Crippen molar-refractivity contribution < 1.29 is 9.21 Å². The Morgan fingerprint density at radius 3 is 2.55 bits per heavy atom. The van der Waals surface area contributed by atoms with Crippen LogP contribution in [0.5, 0.6) is 0 Å². The van der Waals surface area contributed by atoms with Gasteiger partial charge >= 0.3 is 0 Å². The third kappa shape index (κ3) is 4.13. The highest BCUT2D eigenvalue weighted by molar-refractivity contribution is 9.10. The lowest BCUT2D eigenvalue weighted by Gasteiger charge is -2.11. The first-order valence-corrected chi connectivity index (χ1v) is 10.0. The van der Waals surface area contributed by atoms with Gasteiger partial charge < -0.3 is 14.6 Å². The maximum Gasteiger partial charge on any atom is 0.257 e. The minimum absolute atomic E-state index is 0.293. The molecule has 0 atom stereocenters. The second-order valence-corrected chi connectivity index (χ2v) is 8.04. The number of carbonyl (C=O) groups is 1. The first kappa shape index (κ1) is 19.5. The van der Waals surface area contributed by atoms with E-state index in [-0.39, 0.29) is 5.91 Å². The van der Waals surface area contributed by atoms with Crippen molar-refractivity contribution >= 4 is 55.9 Å². The van der Waals surface area contributed by atoms with Crippen LogP contribution in [0.25, 0.3) is 22.6 Å². The van der Waals surface area contributed by atoms with Crippen LogP contribution >= 0.6 is 27.5 Å². The Labute approximate surface area is 181 Å². The van der Waals surface area contributed by atoms with Crippen molar-refractivity contribution in [1.29, 1.82) is 0 Å². The monoisotopic (exact) mass is 469 g/mol. The molecule has 1 aromatic heterocycles. The topological polar surface area (TPSA) is 58.4 Å². The zero-order valence-electron chi connectivity index (χ0n) is 15.7. The van der Waals surface area contributed by atoms with Crippen LogP contribution in [0.1, 0.15) is 10.4 Å².